The molecule has 3 N–H and O–H groups in total. The maximum absolute atomic E-state index is 11.5. The van der Waals surface area contributed by atoms with E-state index in [0.29, 0.717) is 0 Å². The Morgan fingerprint density at radius 3 is 2.71 bits per heavy atom. The van der Waals surface area contributed by atoms with Gasteiger partial charge in [-0.1, -0.05) is 38.1 Å². The van der Waals surface area contributed by atoms with Crippen molar-refractivity contribution in [3.05, 3.63) is 35.4 Å². The van der Waals surface area contributed by atoms with Gasteiger partial charge < -0.3 is 16.0 Å². The average molecular weight is 542 g/mol. The lowest BCUT2D eigenvalue weighted by Crippen LogP contribution is -2.40. The van der Waals surface area contributed by atoms with E-state index in [-0.39, 0.29) is 35.8 Å². The third-order valence-electron chi connectivity index (χ3n) is 6.36. The summed E-state index contributed by atoms with van der Waals surface area (Å²) in [5.41, 5.74) is 8.07. The number of nitrogens with one attached hydrogen (secondary N) is 1. The van der Waals surface area contributed by atoms with Crippen LogP contribution in [0.3, 0.4) is 0 Å². The number of carbonyl (C=O) groups is 1. The van der Waals surface area contributed by atoms with Gasteiger partial charge in [-0.2, -0.15) is 0 Å². The number of aliphatic imine (C=N–C) groups is 1. The zero-order chi connectivity index (χ0) is 21.5. The molecule has 0 saturated carbocycles. The molecule has 0 aliphatic carbocycles. The Bertz CT molecular complexity index is 738. The van der Waals surface area contributed by atoms with Crippen LogP contribution in [0.5, 0.6) is 0 Å². The smallest absolute Gasteiger partial charge is 0.221 e. The van der Waals surface area contributed by atoms with E-state index in [1.54, 1.807) is 0 Å². The van der Waals surface area contributed by atoms with Crippen molar-refractivity contribution in [2.45, 2.75) is 52.6 Å². The first-order valence-corrected chi connectivity index (χ1v) is 11.5. The molecule has 2 heterocycles. The molecule has 7 heteroatoms. The van der Waals surface area contributed by atoms with Crippen LogP contribution >= 0.6 is 24.0 Å². The molecule has 0 aromatic heterocycles. The van der Waals surface area contributed by atoms with Crippen LogP contribution in [0.1, 0.15) is 50.7 Å². The summed E-state index contributed by atoms with van der Waals surface area (Å²) in [5.74, 6) is 2.37. The first kappa shape index (κ1) is 25.9. The van der Waals surface area contributed by atoms with Crippen molar-refractivity contribution in [2.75, 3.05) is 33.2 Å². The fourth-order valence-corrected chi connectivity index (χ4v) is 4.93. The number of amides is 1. The van der Waals surface area contributed by atoms with Crippen LogP contribution in [-0.4, -0.2) is 54.9 Å². The Morgan fingerprint density at radius 2 is 2.00 bits per heavy atom. The van der Waals surface area contributed by atoms with Gasteiger partial charge >= 0.3 is 0 Å². The Morgan fingerprint density at radius 1 is 1.23 bits per heavy atom. The predicted octanol–water partition coefficient (Wildman–Crippen LogP) is 3.45. The number of nitrogens with two attached hydrogens (primary N) is 1. The fourth-order valence-electron chi connectivity index (χ4n) is 4.93. The van der Waals surface area contributed by atoms with Crippen LogP contribution in [0.4, 0.5) is 0 Å². The van der Waals surface area contributed by atoms with Gasteiger partial charge in [-0.15, -0.1) is 24.0 Å². The number of nitrogens with zero attached hydrogens (tertiary/aromatic N) is 3. The lowest BCUT2D eigenvalue weighted by atomic mass is 9.97. The van der Waals surface area contributed by atoms with Crippen molar-refractivity contribution in [3.8, 4) is 0 Å². The van der Waals surface area contributed by atoms with Gasteiger partial charge in [0.25, 0.3) is 0 Å². The van der Waals surface area contributed by atoms with Crippen molar-refractivity contribution in [1.82, 2.24) is 15.1 Å². The highest BCUT2D eigenvalue weighted by Crippen LogP contribution is 2.23. The van der Waals surface area contributed by atoms with Crippen LogP contribution in [0, 0.1) is 17.8 Å². The van der Waals surface area contributed by atoms with Crippen molar-refractivity contribution in [2.24, 2.45) is 28.5 Å². The number of rotatable bonds is 7. The number of hydrogen-bond donors (Lipinski definition) is 2. The number of carbonyl (C=O) groups excluding carboxylic acids is 1. The Labute approximate surface area is 205 Å². The van der Waals surface area contributed by atoms with E-state index in [1.807, 2.05) is 7.05 Å². The highest BCUT2D eigenvalue weighted by molar-refractivity contribution is 14.0. The van der Waals surface area contributed by atoms with E-state index in [4.69, 9.17) is 5.73 Å². The summed E-state index contributed by atoms with van der Waals surface area (Å²) in [7, 11) is 1.88. The summed E-state index contributed by atoms with van der Waals surface area (Å²) in [6.07, 6.45) is 4.52. The second-order valence-electron chi connectivity index (χ2n) is 9.43. The molecule has 2 atom stereocenters. The number of piperidine rings is 1. The largest absolute Gasteiger partial charge is 0.369 e. The highest BCUT2D eigenvalue weighted by Gasteiger charge is 2.25. The van der Waals surface area contributed by atoms with Gasteiger partial charge in [0.15, 0.2) is 5.96 Å². The summed E-state index contributed by atoms with van der Waals surface area (Å²) in [6, 6.07) is 8.72. The summed E-state index contributed by atoms with van der Waals surface area (Å²) in [5, 5.41) is 3.56. The summed E-state index contributed by atoms with van der Waals surface area (Å²) in [6.45, 7) is 10.3. The van der Waals surface area contributed by atoms with E-state index < -0.39 is 0 Å². The third kappa shape index (κ3) is 7.93. The van der Waals surface area contributed by atoms with Gasteiger partial charge in [-0.25, -0.2) is 0 Å². The van der Waals surface area contributed by atoms with Gasteiger partial charge in [0.1, 0.15) is 0 Å². The van der Waals surface area contributed by atoms with E-state index in [1.165, 1.54) is 24.0 Å². The lowest BCUT2D eigenvalue weighted by molar-refractivity contribution is -0.123. The topological polar surface area (TPSA) is 74.0 Å². The molecule has 3 rings (SSSR count). The number of hydrogen-bond acceptors (Lipinski definition) is 3. The predicted molar refractivity (Wildman–Crippen MR) is 138 cm³/mol. The molecule has 174 valence electrons. The van der Waals surface area contributed by atoms with Crippen LogP contribution in [0.15, 0.2) is 29.3 Å². The molecule has 1 amide bonds. The third-order valence-corrected chi connectivity index (χ3v) is 6.36. The van der Waals surface area contributed by atoms with Gasteiger partial charge in [0.05, 0.1) is 5.92 Å². The standard InChI is InChI=1S/C24H39N5O.HI/c1-18(2)12-21-9-11-29(16-21)24(26-3)27-14-19-6-4-7-20(13-19)15-28-10-5-8-22(17-28)23(25)30;/h4,6-7,13,18,21-22H,5,8-12,14-17H2,1-3H3,(H2,25,30)(H,26,27);1H. The molecule has 2 saturated heterocycles. The summed E-state index contributed by atoms with van der Waals surface area (Å²) >= 11 is 0. The molecule has 0 spiro atoms. The van der Waals surface area contributed by atoms with Crippen LogP contribution < -0.4 is 11.1 Å². The SMILES string of the molecule is CN=C(NCc1cccc(CN2CCCC(C(N)=O)C2)c1)N1CCC(CC(C)C)C1.I. The molecular formula is C24H40IN5O. The monoisotopic (exact) mass is 541 g/mol. The maximum atomic E-state index is 11.5. The normalized spacial score (nSPS) is 22.5. The minimum absolute atomic E-state index is 0. The number of benzene rings is 1. The van der Waals surface area contributed by atoms with Gasteiger partial charge in [-0.3, -0.25) is 14.7 Å². The molecule has 2 aliphatic heterocycles. The van der Waals surface area contributed by atoms with Gasteiger partial charge in [-0.05, 0) is 55.2 Å². The molecule has 0 bridgehead atoms. The molecule has 2 aliphatic rings. The van der Waals surface area contributed by atoms with Crippen molar-refractivity contribution >= 4 is 35.8 Å². The van der Waals surface area contributed by atoms with Gasteiger partial charge in [0.2, 0.25) is 5.91 Å². The number of halogens is 1. The Balaban J connectivity index is 0.00000341. The molecule has 2 unspecified atom stereocenters. The van der Waals surface area contributed by atoms with E-state index >= 15 is 0 Å². The van der Waals surface area contributed by atoms with E-state index in [2.05, 4.69) is 58.2 Å². The maximum Gasteiger partial charge on any atom is 0.221 e. The van der Waals surface area contributed by atoms with Crippen molar-refractivity contribution < 1.29 is 4.79 Å². The van der Waals surface area contributed by atoms with E-state index in [9.17, 15) is 4.79 Å². The fraction of sp³-hybridized carbons (Fsp3) is 0.667. The molecule has 1 aromatic rings. The number of guanidine groups is 1. The minimum Gasteiger partial charge on any atom is -0.369 e. The first-order chi connectivity index (χ1) is 14.4. The summed E-state index contributed by atoms with van der Waals surface area (Å²) < 4.78 is 0. The van der Waals surface area contributed by atoms with E-state index in [0.717, 1.165) is 69.9 Å². The highest BCUT2D eigenvalue weighted by atomic mass is 127. The van der Waals surface area contributed by atoms with Crippen LogP contribution in [0.2, 0.25) is 0 Å². The minimum atomic E-state index is -0.165. The number of likely N-dealkylation sites (tertiary alicyclic amines) is 2. The van der Waals surface area contributed by atoms with Gasteiger partial charge in [0, 0.05) is 39.8 Å². The molecule has 31 heavy (non-hydrogen) atoms. The van der Waals surface area contributed by atoms with Crippen LogP contribution in [-0.2, 0) is 17.9 Å². The molecule has 0 radical (unpaired) electrons. The quantitative estimate of drug-likeness (QED) is 0.315. The molecule has 6 nitrogen and oxygen atoms in total. The molecular weight excluding hydrogens is 501 g/mol. The zero-order valence-corrected chi connectivity index (χ0v) is 21.7. The summed E-state index contributed by atoms with van der Waals surface area (Å²) in [4.78, 5) is 20.8. The average Bonchev–Trinajstić information content (AvgIpc) is 3.16. The van der Waals surface area contributed by atoms with Crippen molar-refractivity contribution in [3.63, 3.8) is 0 Å². The Kier molecular flexibility index (Phi) is 10.6. The second kappa shape index (κ2) is 12.6. The van der Waals surface area contributed by atoms with Crippen molar-refractivity contribution in [1.29, 1.82) is 0 Å². The molecule has 2 fully saturated rings. The first-order valence-electron chi connectivity index (χ1n) is 11.5. The zero-order valence-electron chi connectivity index (χ0n) is 19.3. The number of primary amides is 1. The second-order valence-corrected chi connectivity index (χ2v) is 9.43. The molecule has 1 aromatic carbocycles. The van der Waals surface area contributed by atoms with Crippen LogP contribution in [0.25, 0.3) is 0 Å². The Hall–Kier alpha value is -1.35. The lowest BCUT2D eigenvalue weighted by Gasteiger charge is -2.31.